The number of hydroxylamine groups is 1. The minimum Gasteiger partial charge on any atom is -0.323 e. The van der Waals surface area contributed by atoms with Crippen LogP contribution in [0.5, 0.6) is 0 Å². The number of carbonyl (C=O) groups excluding carboxylic acids is 1. The largest absolute Gasteiger partial charge is 0.323 e. The number of nitrogens with zero attached hydrogens (tertiary/aromatic N) is 1. The molecule has 6 nitrogen and oxygen atoms in total. The number of hydrogen-bond acceptors (Lipinski definition) is 4. The quantitative estimate of drug-likeness (QED) is 0.623. The van der Waals surface area contributed by atoms with Crippen molar-refractivity contribution in [3.8, 4) is 0 Å². The summed E-state index contributed by atoms with van der Waals surface area (Å²) in [6.45, 7) is 4.00. The number of amides is 1. The van der Waals surface area contributed by atoms with Gasteiger partial charge in [-0.15, -0.1) is 0 Å². The molecule has 0 fully saturated rings. The second-order valence-electron chi connectivity index (χ2n) is 5.80. The third kappa shape index (κ3) is 4.78. The number of aryl methyl sites for hydroxylation is 2. The van der Waals surface area contributed by atoms with Gasteiger partial charge >= 0.3 is 0 Å². The number of sulfonamides is 1. The van der Waals surface area contributed by atoms with E-state index in [9.17, 15) is 13.2 Å². The van der Waals surface area contributed by atoms with Crippen molar-refractivity contribution in [1.29, 1.82) is 0 Å². The van der Waals surface area contributed by atoms with E-state index in [0.717, 1.165) is 15.6 Å². The number of anilines is 1. The molecule has 0 saturated carbocycles. The first kappa shape index (κ1) is 19.8. The van der Waals surface area contributed by atoms with Crippen molar-refractivity contribution in [3.63, 3.8) is 0 Å². The molecule has 26 heavy (non-hydrogen) atoms. The van der Waals surface area contributed by atoms with Gasteiger partial charge < -0.3 is 5.32 Å². The topological polar surface area (TPSA) is 75.7 Å². The predicted octanol–water partition coefficient (Wildman–Crippen LogP) is 3.14. The van der Waals surface area contributed by atoms with Gasteiger partial charge in [0.2, 0.25) is 5.91 Å². The SMILES string of the molecule is CON(C)S(=O)(=O)c1ccc(NC(=O)/C=C/c2ccc(C)cc2C)cc1. The summed E-state index contributed by atoms with van der Waals surface area (Å²) >= 11 is 0. The molecule has 0 spiro atoms. The van der Waals surface area contributed by atoms with E-state index in [1.54, 1.807) is 6.08 Å². The molecule has 138 valence electrons. The molecule has 0 aliphatic heterocycles. The molecule has 2 aromatic carbocycles. The highest BCUT2D eigenvalue weighted by Gasteiger charge is 2.20. The van der Waals surface area contributed by atoms with Crippen LogP contribution in [-0.4, -0.2) is 33.0 Å². The van der Waals surface area contributed by atoms with Gasteiger partial charge in [-0.2, -0.15) is 0 Å². The van der Waals surface area contributed by atoms with E-state index < -0.39 is 10.0 Å². The lowest BCUT2D eigenvalue weighted by Gasteiger charge is -2.14. The second kappa shape index (κ2) is 8.27. The molecule has 1 amide bonds. The van der Waals surface area contributed by atoms with Crippen molar-refractivity contribution in [2.75, 3.05) is 19.5 Å². The van der Waals surface area contributed by atoms with Gasteiger partial charge in [-0.3, -0.25) is 9.63 Å². The van der Waals surface area contributed by atoms with E-state index in [-0.39, 0.29) is 10.8 Å². The molecule has 2 rings (SSSR count). The van der Waals surface area contributed by atoms with Gasteiger partial charge in [-0.05, 0) is 55.3 Å². The van der Waals surface area contributed by atoms with Gasteiger partial charge in [0.15, 0.2) is 0 Å². The Balaban J connectivity index is 2.07. The minimum atomic E-state index is -3.70. The lowest BCUT2D eigenvalue weighted by Crippen LogP contribution is -2.25. The normalized spacial score (nSPS) is 11.9. The summed E-state index contributed by atoms with van der Waals surface area (Å²) in [5, 5.41) is 2.70. The summed E-state index contributed by atoms with van der Waals surface area (Å²) in [5.41, 5.74) is 3.72. The Morgan fingerprint density at radius 3 is 2.35 bits per heavy atom. The average Bonchev–Trinajstić information content (AvgIpc) is 2.60. The monoisotopic (exact) mass is 374 g/mol. The molecule has 1 N–H and O–H groups in total. The van der Waals surface area contributed by atoms with E-state index in [2.05, 4.69) is 5.32 Å². The zero-order valence-corrected chi connectivity index (χ0v) is 16.0. The van der Waals surface area contributed by atoms with Gasteiger partial charge in [0.25, 0.3) is 10.0 Å². The molecular weight excluding hydrogens is 352 g/mol. The van der Waals surface area contributed by atoms with Crippen LogP contribution in [0.4, 0.5) is 5.69 Å². The average molecular weight is 374 g/mol. The van der Waals surface area contributed by atoms with Crippen LogP contribution in [0.15, 0.2) is 53.4 Å². The van der Waals surface area contributed by atoms with Gasteiger partial charge in [-0.25, -0.2) is 8.42 Å². The summed E-state index contributed by atoms with van der Waals surface area (Å²) in [5.74, 6) is -0.297. The maximum atomic E-state index is 12.1. The summed E-state index contributed by atoms with van der Waals surface area (Å²) in [7, 11) is -1.12. The van der Waals surface area contributed by atoms with Crippen LogP contribution in [0.2, 0.25) is 0 Å². The standard InChI is InChI=1S/C19H22N2O4S/c1-14-5-6-16(15(2)13-14)7-12-19(22)20-17-8-10-18(11-9-17)26(23,24)21(3)25-4/h5-13H,1-4H3,(H,20,22)/b12-7+. The molecule has 0 heterocycles. The highest BCUT2D eigenvalue weighted by atomic mass is 32.2. The lowest BCUT2D eigenvalue weighted by molar-refractivity contribution is -0.111. The van der Waals surface area contributed by atoms with Crippen LogP contribution in [0.3, 0.4) is 0 Å². The van der Waals surface area contributed by atoms with E-state index in [4.69, 9.17) is 4.84 Å². The molecule has 7 heteroatoms. The van der Waals surface area contributed by atoms with Crippen LogP contribution in [0.1, 0.15) is 16.7 Å². The third-order valence-electron chi connectivity index (χ3n) is 3.85. The van der Waals surface area contributed by atoms with Gasteiger partial charge in [0, 0.05) is 18.8 Å². The summed E-state index contributed by atoms with van der Waals surface area (Å²) in [6, 6.07) is 11.9. The van der Waals surface area contributed by atoms with Crippen LogP contribution in [-0.2, 0) is 19.7 Å². The number of nitrogens with one attached hydrogen (secondary N) is 1. The maximum Gasteiger partial charge on any atom is 0.264 e. The maximum absolute atomic E-state index is 12.1. The fraction of sp³-hybridized carbons (Fsp3) is 0.211. The molecule has 0 saturated heterocycles. The second-order valence-corrected chi connectivity index (χ2v) is 7.74. The third-order valence-corrected chi connectivity index (χ3v) is 5.55. The van der Waals surface area contributed by atoms with Crippen LogP contribution >= 0.6 is 0 Å². The molecule has 0 bridgehead atoms. The number of benzene rings is 2. The molecule has 0 unspecified atom stereocenters. The number of rotatable bonds is 6. The van der Waals surface area contributed by atoms with Crippen molar-refractivity contribution in [1.82, 2.24) is 4.47 Å². The Kier molecular flexibility index (Phi) is 6.31. The van der Waals surface area contributed by atoms with Crippen molar-refractivity contribution in [2.45, 2.75) is 18.7 Å². The predicted molar refractivity (Wildman–Crippen MR) is 102 cm³/mol. The first-order chi connectivity index (χ1) is 12.2. The minimum absolute atomic E-state index is 0.0747. The fourth-order valence-corrected chi connectivity index (χ4v) is 3.29. The van der Waals surface area contributed by atoms with Crippen molar-refractivity contribution < 1.29 is 18.0 Å². The smallest absolute Gasteiger partial charge is 0.264 e. The van der Waals surface area contributed by atoms with Crippen LogP contribution < -0.4 is 5.32 Å². The fourth-order valence-electron chi connectivity index (χ4n) is 2.32. The summed E-state index contributed by atoms with van der Waals surface area (Å²) in [6.07, 6.45) is 3.19. The van der Waals surface area contributed by atoms with Crippen LogP contribution in [0, 0.1) is 13.8 Å². The molecule has 0 aromatic heterocycles. The Morgan fingerprint density at radius 2 is 1.77 bits per heavy atom. The van der Waals surface area contributed by atoms with Gasteiger partial charge in [-0.1, -0.05) is 28.2 Å². The van der Waals surface area contributed by atoms with Crippen LogP contribution in [0.25, 0.3) is 6.08 Å². The molecule has 0 atom stereocenters. The van der Waals surface area contributed by atoms with E-state index in [1.807, 2.05) is 32.0 Å². The van der Waals surface area contributed by atoms with Crippen molar-refractivity contribution >= 4 is 27.7 Å². The molecule has 0 aliphatic carbocycles. The summed E-state index contributed by atoms with van der Waals surface area (Å²) in [4.78, 5) is 16.9. The highest BCUT2D eigenvalue weighted by molar-refractivity contribution is 7.89. The summed E-state index contributed by atoms with van der Waals surface area (Å²) < 4.78 is 25.0. The number of hydrogen-bond donors (Lipinski definition) is 1. The van der Waals surface area contributed by atoms with Gasteiger partial charge in [0.05, 0.1) is 12.0 Å². The van der Waals surface area contributed by atoms with E-state index >= 15 is 0 Å². The Hall–Kier alpha value is -2.48. The van der Waals surface area contributed by atoms with E-state index in [0.29, 0.717) is 5.69 Å². The Labute approximate surface area is 154 Å². The zero-order chi connectivity index (χ0) is 19.3. The zero-order valence-electron chi connectivity index (χ0n) is 15.2. The molecule has 0 radical (unpaired) electrons. The molecule has 0 aliphatic rings. The number of carbonyl (C=O) groups is 1. The van der Waals surface area contributed by atoms with Crippen molar-refractivity contribution in [2.24, 2.45) is 0 Å². The Bertz CT molecular complexity index is 919. The first-order valence-electron chi connectivity index (χ1n) is 7.93. The lowest BCUT2D eigenvalue weighted by atomic mass is 10.1. The Morgan fingerprint density at radius 1 is 1.12 bits per heavy atom. The molecule has 2 aromatic rings. The van der Waals surface area contributed by atoms with E-state index in [1.165, 1.54) is 50.1 Å². The van der Waals surface area contributed by atoms with Gasteiger partial charge in [0.1, 0.15) is 0 Å². The van der Waals surface area contributed by atoms with Crippen molar-refractivity contribution in [3.05, 3.63) is 65.2 Å². The molecular formula is C19H22N2O4S. The highest BCUT2D eigenvalue weighted by Crippen LogP contribution is 2.18. The first-order valence-corrected chi connectivity index (χ1v) is 9.37.